The van der Waals surface area contributed by atoms with Gasteiger partial charge in [-0.2, -0.15) is 0 Å². The predicted octanol–water partition coefficient (Wildman–Crippen LogP) is 5.73. The summed E-state index contributed by atoms with van der Waals surface area (Å²) >= 11 is 1.40. The molecule has 0 atom stereocenters. The van der Waals surface area contributed by atoms with Crippen LogP contribution in [0.3, 0.4) is 0 Å². The minimum Gasteiger partial charge on any atom is -0.335 e. The molecule has 1 aliphatic rings. The molecule has 1 fully saturated rings. The molecular formula is C30H27N5OS. The zero-order chi connectivity index (χ0) is 25.2. The molecule has 0 bridgehead atoms. The Hall–Kier alpha value is -4.07. The van der Waals surface area contributed by atoms with E-state index in [-0.39, 0.29) is 5.91 Å². The lowest BCUT2D eigenvalue weighted by Crippen LogP contribution is -2.48. The molecule has 2 aromatic carbocycles. The highest BCUT2D eigenvalue weighted by Gasteiger charge is 2.25. The first-order valence-corrected chi connectivity index (χ1v) is 13.3. The summed E-state index contributed by atoms with van der Waals surface area (Å²) in [6.07, 6.45) is 5.71. The van der Waals surface area contributed by atoms with Gasteiger partial charge in [0.25, 0.3) is 5.91 Å². The summed E-state index contributed by atoms with van der Waals surface area (Å²) in [4.78, 5) is 26.9. The van der Waals surface area contributed by atoms with E-state index in [0.29, 0.717) is 18.0 Å². The van der Waals surface area contributed by atoms with Crippen LogP contribution in [0.4, 0.5) is 0 Å². The summed E-state index contributed by atoms with van der Waals surface area (Å²) in [6, 6.07) is 23.0. The largest absolute Gasteiger partial charge is 0.335 e. The zero-order valence-corrected chi connectivity index (χ0v) is 21.3. The van der Waals surface area contributed by atoms with Crippen molar-refractivity contribution in [3.05, 3.63) is 107 Å². The Morgan fingerprint density at radius 2 is 1.68 bits per heavy atom. The van der Waals surface area contributed by atoms with Crippen molar-refractivity contribution in [3.63, 3.8) is 0 Å². The van der Waals surface area contributed by atoms with Gasteiger partial charge in [0.05, 0.1) is 23.1 Å². The molecule has 0 radical (unpaired) electrons. The number of pyridine rings is 1. The van der Waals surface area contributed by atoms with Crippen molar-refractivity contribution in [1.29, 1.82) is 0 Å². The Kier molecular flexibility index (Phi) is 6.39. The van der Waals surface area contributed by atoms with Gasteiger partial charge in [-0.3, -0.25) is 14.7 Å². The molecule has 37 heavy (non-hydrogen) atoms. The molecule has 184 valence electrons. The Labute approximate surface area is 220 Å². The zero-order valence-electron chi connectivity index (χ0n) is 20.5. The molecule has 0 aliphatic carbocycles. The number of nitrogens with zero attached hydrogens (tertiary/aromatic N) is 5. The van der Waals surface area contributed by atoms with E-state index < -0.39 is 0 Å². The van der Waals surface area contributed by atoms with Crippen LogP contribution in [0, 0.1) is 0 Å². The van der Waals surface area contributed by atoms with Gasteiger partial charge in [0.1, 0.15) is 10.5 Å². The first kappa shape index (κ1) is 23.3. The fourth-order valence-corrected chi connectivity index (χ4v) is 5.44. The number of hydrogen-bond donors (Lipinski definition) is 0. The highest BCUT2D eigenvalue weighted by molar-refractivity contribution is 7.11. The van der Waals surface area contributed by atoms with Crippen LogP contribution >= 0.6 is 11.3 Å². The van der Waals surface area contributed by atoms with E-state index in [4.69, 9.17) is 4.98 Å². The Balaban J connectivity index is 1.32. The normalized spacial score (nSPS) is 14.2. The van der Waals surface area contributed by atoms with Gasteiger partial charge in [0.2, 0.25) is 0 Å². The summed E-state index contributed by atoms with van der Waals surface area (Å²) in [6.45, 7) is 7.65. The number of fused-ring (bicyclic) bond motifs is 1. The number of rotatable bonds is 6. The first-order valence-electron chi connectivity index (χ1n) is 12.4. The highest BCUT2D eigenvalue weighted by Crippen LogP contribution is 2.29. The van der Waals surface area contributed by atoms with Gasteiger partial charge >= 0.3 is 0 Å². The van der Waals surface area contributed by atoms with Crippen molar-refractivity contribution in [1.82, 2.24) is 24.2 Å². The molecule has 0 unspecified atom stereocenters. The van der Waals surface area contributed by atoms with Crippen LogP contribution in [0.5, 0.6) is 0 Å². The van der Waals surface area contributed by atoms with Crippen LogP contribution in [-0.2, 0) is 6.54 Å². The topological polar surface area (TPSA) is 53.7 Å². The average molecular weight is 506 g/mol. The number of carbonyl (C=O) groups is 1. The fourth-order valence-electron chi connectivity index (χ4n) is 4.85. The first-order chi connectivity index (χ1) is 18.2. The SMILES string of the molecule is C=Cc1ccc(-c2nc3ccc(-c4ccccc4)cn3c2CN2CCN(C(=O)c3cncs3)CC2)cc1. The lowest BCUT2D eigenvalue weighted by molar-refractivity contribution is 0.0631. The molecule has 4 heterocycles. The minimum atomic E-state index is 0.0763. The number of benzene rings is 2. The van der Waals surface area contributed by atoms with Crippen LogP contribution in [0.15, 0.2) is 91.2 Å². The smallest absolute Gasteiger partial charge is 0.265 e. The summed E-state index contributed by atoms with van der Waals surface area (Å²) in [7, 11) is 0. The van der Waals surface area contributed by atoms with Gasteiger partial charge in [-0.25, -0.2) is 4.98 Å². The minimum absolute atomic E-state index is 0.0763. The molecule has 7 heteroatoms. The van der Waals surface area contributed by atoms with E-state index in [0.717, 1.165) is 53.4 Å². The number of carbonyl (C=O) groups excluding carboxylic acids is 1. The van der Waals surface area contributed by atoms with Crippen LogP contribution < -0.4 is 0 Å². The van der Waals surface area contributed by atoms with E-state index in [1.54, 1.807) is 11.7 Å². The molecule has 6 nitrogen and oxygen atoms in total. The van der Waals surface area contributed by atoms with Gasteiger partial charge in [-0.15, -0.1) is 11.3 Å². The maximum atomic E-state index is 12.8. The van der Waals surface area contributed by atoms with E-state index >= 15 is 0 Å². The van der Waals surface area contributed by atoms with E-state index in [9.17, 15) is 4.79 Å². The van der Waals surface area contributed by atoms with E-state index in [2.05, 4.69) is 87.7 Å². The number of hydrogen-bond acceptors (Lipinski definition) is 5. The second-order valence-corrected chi connectivity index (χ2v) is 10.1. The van der Waals surface area contributed by atoms with Crippen LogP contribution in [-0.4, -0.2) is 56.3 Å². The summed E-state index contributed by atoms with van der Waals surface area (Å²) in [5.74, 6) is 0.0763. The second-order valence-electron chi connectivity index (χ2n) is 9.18. The molecule has 0 N–H and O–H groups in total. The van der Waals surface area contributed by atoms with Crippen molar-refractivity contribution in [3.8, 4) is 22.4 Å². The van der Waals surface area contributed by atoms with Crippen molar-refractivity contribution in [2.45, 2.75) is 6.54 Å². The third kappa shape index (κ3) is 4.71. The van der Waals surface area contributed by atoms with Crippen LogP contribution in [0.25, 0.3) is 34.1 Å². The lowest BCUT2D eigenvalue weighted by atomic mass is 10.1. The Morgan fingerprint density at radius 3 is 2.38 bits per heavy atom. The maximum absolute atomic E-state index is 12.8. The fraction of sp³-hybridized carbons (Fsp3) is 0.167. The maximum Gasteiger partial charge on any atom is 0.265 e. The summed E-state index contributed by atoms with van der Waals surface area (Å²) in [5.41, 5.74) is 9.28. The Bertz CT molecular complexity index is 1530. The lowest BCUT2D eigenvalue weighted by Gasteiger charge is -2.34. The molecule has 1 aliphatic heterocycles. The number of amides is 1. The summed E-state index contributed by atoms with van der Waals surface area (Å²) in [5, 5.41) is 0. The Morgan fingerprint density at radius 1 is 0.919 bits per heavy atom. The number of piperazine rings is 1. The van der Waals surface area contributed by atoms with Gasteiger partial charge in [-0.05, 0) is 28.8 Å². The van der Waals surface area contributed by atoms with Crippen molar-refractivity contribution >= 4 is 29.0 Å². The van der Waals surface area contributed by atoms with Gasteiger partial charge < -0.3 is 9.30 Å². The monoisotopic (exact) mass is 505 g/mol. The van der Waals surface area contributed by atoms with Gasteiger partial charge in [0, 0.05) is 44.5 Å². The third-order valence-electron chi connectivity index (χ3n) is 6.92. The van der Waals surface area contributed by atoms with Crippen LogP contribution in [0.1, 0.15) is 20.9 Å². The molecule has 3 aromatic heterocycles. The standard InChI is InChI=1S/C30H27N5OS/c1-2-22-8-10-24(11-9-22)29-26(20-33-14-16-34(17-15-33)30(36)27-18-31-21-37-27)35-19-25(12-13-28(35)32-29)23-6-4-3-5-7-23/h2-13,18-19,21H,1,14-17,20H2. The molecule has 5 aromatic rings. The van der Waals surface area contributed by atoms with Crippen LogP contribution in [0.2, 0.25) is 0 Å². The van der Waals surface area contributed by atoms with Crippen molar-refractivity contribution in [2.24, 2.45) is 0 Å². The van der Waals surface area contributed by atoms with E-state index in [1.807, 2.05) is 17.0 Å². The second kappa shape index (κ2) is 10.1. The number of thiazole rings is 1. The predicted molar refractivity (Wildman–Crippen MR) is 149 cm³/mol. The summed E-state index contributed by atoms with van der Waals surface area (Å²) < 4.78 is 2.23. The van der Waals surface area contributed by atoms with Crippen molar-refractivity contribution < 1.29 is 4.79 Å². The molecule has 1 amide bonds. The third-order valence-corrected chi connectivity index (χ3v) is 7.68. The van der Waals surface area contributed by atoms with Crippen molar-refractivity contribution in [2.75, 3.05) is 26.2 Å². The molecule has 0 spiro atoms. The molecular weight excluding hydrogens is 478 g/mol. The quantitative estimate of drug-likeness (QED) is 0.296. The highest BCUT2D eigenvalue weighted by atomic mass is 32.1. The van der Waals surface area contributed by atoms with Gasteiger partial charge in [0.15, 0.2) is 0 Å². The van der Waals surface area contributed by atoms with E-state index in [1.165, 1.54) is 16.9 Å². The average Bonchev–Trinajstić information content (AvgIpc) is 3.62. The molecule has 0 saturated carbocycles. The molecule has 1 saturated heterocycles. The van der Waals surface area contributed by atoms with Gasteiger partial charge in [-0.1, -0.05) is 67.3 Å². The number of aromatic nitrogens is 3. The number of imidazole rings is 1. The molecule has 6 rings (SSSR count).